The smallest absolute Gasteiger partial charge is 0.0318 e. The molecule has 0 aliphatic rings. The van der Waals surface area contributed by atoms with E-state index in [0.29, 0.717) is 0 Å². The first-order valence-corrected chi connectivity index (χ1v) is 3.38. The van der Waals surface area contributed by atoms with Crippen LogP contribution >= 0.6 is 0 Å². The maximum atomic E-state index is 5.67. The molecule has 0 aliphatic carbocycles. The Balaban J connectivity index is 3.03. The molecule has 0 aliphatic heterocycles. The van der Waals surface area contributed by atoms with Crippen LogP contribution in [0.15, 0.2) is 18.5 Å². The number of hydrogen-bond donors (Lipinski definition) is 1. The molecule has 1 atom stereocenters. The van der Waals surface area contributed by atoms with Gasteiger partial charge in [0.2, 0.25) is 0 Å². The Morgan fingerprint density at radius 1 is 1.60 bits per heavy atom. The van der Waals surface area contributed by atoms with Gasteiger partial charge in [-0.05, 0) is 31.0 Å². The van der Waals surface area contributed by atoms with Crippen molar-refractivity contribution in [3.05, 3.63) is 29.6 Å². The van der Waals surface area contributed by atoms with Crippen molar-refractivity contribution in [3.8, 4) is 0 Å². The van der Waals surface area contributed by atoms with Crippen molar-refractivity contribution in [2.24, 2.45) is 5.73 Å². The van der Waals surface area contributed by atoms with Crippen molar-refractivity contribution >= 4 is 0 Å². The third-order valence-corrected chi connectivity index (χ3v) is 1.57. The van der Waals surface area contributed by atoms with Gasteiger partial charge < -0.3 is 5.73 Å². The number of pyridine rings is 1. The van der Waals surface area contributed by atoms with Gasteiger partial charge in [0, 0.05) is 18.4 Å². The van der Waals surface area contributed by atoms with E-state index in [1.54, 1.807) is 6.20 Å². The highest BCUT2D eigenvalue weighted by Gasteiger charge is 2.00. The fraction of sp³-hybridized carbons (Fsp3) is 0.375. The largest absolute Gasteiger partial charge is 0.324 e. The third-order valence-electron chi connectivity index (χ3n) is 1.57. The minimum absolute atomic E-state index is 0.0914. The molecule has 1 aromatic heterocycles. The van der Waals surface area contributed by atoms with Gasteiger partial charge in [0.1, 0.15) is 0 Å². The first-order valence-electron chi connectivity index (χ1n) is 3.38. The van der Waals surface area contributed by atoms with Crippen LogP contribution in [0.2, 0.25) is 0 Å². The van der Waals surface area contributed by atoms with Gasteiger partial charge in [-0.1, -0.05) is 0 Å². The molecule has 10 heavy (non-hydrogen) atoms. The van der Waals surface area contributed by atoms with Gasteiger partial charge in [-0.25, -0.2) is 0 Å². The van der Waals surface area contributed by atoms with E-state index in [4.69, 9.17) is 5.73 Å². The Kier molecular flexibility index (Phi) is 2.02. The Hall–Kier alpha value is -0.890. The summed E-state index contributed by atoms with van der Waals surface area (Å²) < 4.78 is 0. The molecule has 54 valence electrons. The second-order valence-electron chi connectivity index (χ2n) is 2.52. The van der Waals surface area contributed by atoms with Crippen LogP contribution in [0.5, 0.6) is 0 Å². The maximum absolute atomic E-state index is 5.67. The van der Waals surface area contributed by atoms with Gasteiger partial charge in [0.05, 0.1) is 0 Å². The molecule has 0 amide bonds. The van der Waals surface area contributed by atoms with Gasteiger partial charge >= 0.3 is 0 Å². The Labute approximate surface area is 61.1 Å². The predicted octanol–water partition coefficient (Wildman–Crippen LogP) is 1.41. The van der Waals surface area contributed by atoms with E-state index in [0.717, 1.165) is 5.56 Å². The second kappa shape index (κ2) is 2.80. The maximum Gasteiger partial charge on any atom is 0.0318 e. The number of nitrogens with two attached hydrogens (primary N) is 1. The zero-order chi connectivity index (χ0) is 7.56. The molecule has 1 unspecified atom stereocenters. The average molecular weight is 136 g/mol. The molecule has 1 heterocycles. The van der Waals surface area contributed by atoms with Crippen LogP contribution in [-0.4, -0.2) is 4.98 Å². The van der Waals surface area contributed by atoms with Gasteiger partial charge in [0.25, 0.3) is 0 Å². The molecule has 2 N–H and O–H groups in total. The van der Waals surface area contributed by atoms with Crippen molar-refractivity contribution in [3.63, 3.8) is 0 Å². The number of hydrogen-bond acceptors (Lipinski definition) is 2. The van der Waals surface area contributed by atoms with Crippen molar-refractivity contribution in [2.45, 2.75) is 19.9 Å². The van der Waals surface area contributed by atoms with E-state index in [1.165, 1.54) is 5.56 Å². The number of aryl methyl sites for hydroxylation is 1. The molecular weight excluding hydrogens is 124 g/mol. The quantitative estimate of drug-likeness (QED) is 0.634. The summed E-state index contributed by atoms with van der Waals surface area (Å²) in [5, 5.41) is 0. The first-order chi connectivity index (χ1) is 4.72. The third kappa shape index (κ3) is 1.33. The monoisotopic (exact) mass is 136 g/mol. The highest BCUT2D eigenvalue weighted by atomic mass is 14.7. The summed E-state index contributed by atoms with van der Waals surface area (Å²) in [5.74, 6) is 0. The average Bonchev–Trinajstić information content (AvgIpc) is 1.88. The number of aromatic nitrogens is 1. The molecule has 1 aromatic rings. The molecule has 0 spiro atoms. The number of nitrogens with zero attached hydrogens (tertiary/aromatic N) is 1. The molecule has 0 saturated heterocycles. The van der Waals surface area contributed by atoms with E-state index in [-0.39, 0.29) is 6.04 Å². The van der Waals surface area contributed by atoms with Gasteiger partial charge in [-0.15, -0.1) is 0 Å². The molecular formula is C8H12N2. The van der Waals surface area contributed by atoms with Gasteiger partial charge in [-0.3, -0.25) is 4.98 Å². The zero-order valence-corrected chi connectivity index (χ0v) is 6.33. The normalized spacial score (nSPS) is 13.1. The molecule has 0 aromatic carbocycles. The van der Waals surface area contributed by atoms with Crippen LogP contribution in [0.3, 0.4) is 0 Å². The SMILES string of the molecule is Cc1ccncc1C(C)N. The summed E-state index contributed by atoms with van der Waals surface area (Å²) in [6, 6.07) is 2.06. The summed E-state index contributed by atoms with van der Waals surface area (Å²) in [7, 11) is 0. The molecule has 2 nitrogen and oxygen atoms in total. The Bertz CT molecular complexity index is 218. The van der Waals surface area contributed by atoms with Crippen LogP contribution in [0.1, 0.15) is 24.1 Å². The molecule has 0 bridgehead atoms. The van der Waals surface area contributed by atoms with Gasteiger partial charge in [-0.2, -0.15) is 0 Å². The van der Waals surface area contributed by atoms with E-state index in [1.807, 2.05) is 26.1 Å². The molecule has 2 heteroatoms. The molecule has 1 rings (SSSR count). The van der Waals surface area contributed by atoms with E-state index in [9.17, 15) is 0 Å². The van der Waals surface area contributed by atoms with Crippen LogP contribution in [0, 0.1) is 6.92 Å². The lowest BCUT2D eigenvalue weighted by Crippen LogP contribution is -2.06. The van der Waals surface area contributed by atoms with E-state index < -0.39 is 0 Å². The lowest BCUT2D eigenvalue weighted by atomic mass is 10.1. The lowest BCUT2D eigenvalue weighted by molar-refractivity contribution is 0.803. The van der Waals surface area contributed by atoms with Crippen molar-refractivity contribution in [1.82, 2.24) is 4.98 Å². The lowest BCUT2D eigenvalue weighted by Gasteiger charge is -2.06. The first kappa shape index (κ1) is 7.22. The van der Waals surface area contributed by atoms with Crippen molar-refractivity contribution < 1.29 is 0 Å². The summed E-state index contributed by atoms with van der Waals surface area (Å²) >= 11 is 0. The van der Waals surface area contributed by atoms with Crippen molar-refractivity contribution in [1.29, 1.82) is 0 Å². The highest BCUT2D eigenvalue weighted by Crippen LogP contribution is 2.11. The molecule has 0 radical (unpaired) electrons. The summed E-state index contributed by atoms with van der Waals surface area (Å²) in [6.45, 7) is 4.00. The minimum Gasteiger partial charge on any atom is -0.324 e. The highest BCUT2D eigenvalue weighted by molar-refractivity contribution is 5.23. The van der Waals surface area contributed by atoms with Crippen molar-refractivity contribution in [2.75, 3.05) is 0 Å². The molecule has 0 fully saturated rings. The summed E-state index contributed by atoms with van der Waals surface area (Å²) in [5.41, 5.74) is 8.01. The summed E-state index contributed by atoms with van der Waals surface area (Å²) in [4.78, 5) is 3.99. The van der Waals surface area contributed by atoms with Crippen LogP contribution in [0.4, 0.5) is 0 Å². The Morgan fingerprint density at radius 3 is 2.70 bits per heavy atom. The second-order valence-corrected chi connectivity index (χ2v) is 2.52. The Morgan fingerprint density at radius 2 is 2.30 bits per heavy atom. The predicted molar refractivity (Wildman–Crippen MR) is 41.6 cm³/mol. The van der Waals surface area contributed by atoms with Gasteiger partial charge in [0.15, 0.2) is 0 Å². The fourth-order valence-corrected chi connectivity index (χ4v) is 0.953. The van der Waals surface area contributed by atoms with E-state index in [2.05, 4.69) is 4.98 Å². The standard InChI is InChI=1S/C8H12N2/c1-6-3-4-10-5-8(6)7(2)9/h3-5,7H,9H2,1-2H3. The fourth-order valence-electron chi connectivity index (χ4n) is 0.953. The van der Waals surface area contributed by atoms with E-state index >= 15 is 0 Å². The van der Waals surface area contributed by atoms with Crippen LogP contribution in [-0.2, 0) is 0 Å². The minimum atomic E-state index is 0.0914. The van der Waals surface area contributed by atoms with Crippen LogP contribution < -0.4 is 5.73 Å². The summed E-state index contributed by atoms with van der Waals surface area (Å²) in [6.07, 6.45) is 3.60. The number of rotatable bonds is 1. The van der Waals surface area contributed by atoms with Crippen LogP contribution in [0.25, 0.3) is 0 Å². The molecule has 0 saturated carbocycles. The topological polar surface area (TPSA) is 38.9 Å². The zero-order valence-electron chi connectivity index (χ0n) is 6.33.